The zero-order chi connectivity index (χ0) is 16.5. The molecule has 1 aromatic carbocycles. The minimum atomic E-state index is -0.761. The highest BCUT2D eigenvalue weighted by atomic mass is 35.5. The molecule has 0 aliphatic rings. The number of nitrogens with one attached hydrogen (secondary N) is 2. The number of rotatable bonds is 8. The molecule has 0 spiro atoms. The maximum atomic E-state index is 11.5. The van der Waals surface area contributed by atoms with E-state index in [1.165, 1.54) is 7.11 Å². The van der Waals surface area contributed by atoms with E-state index in [0.717, 1.165) is 0 Å². The van der Waals surface area contributed by atoms with Crippen LogP contribution >= 0.6 is 23.2 Å². The number of hydrogen-bond acceptors (Lipinski definition) is 4. The summed E-state index contributed by atoms with van der Waals surface area (Å²) < 4.78 is 10.7. The van der Waals surface area contributed by atoms with Crippen LogP contribution in [-0.4, -0.2) is 37.3 Å². The molecule has 0 aromatic heterocycles. The zero-order valence-electron chi connectivity index (χ0n) is 12.3. The summed E-state index contributed by atoms with van der Waals surface area (Å²) in [7, 11) is 1.53. The predicted octanol–water partition coefficient (Wildman–Crippen LogP) is 1.80. The third-order valence-corrected chi connectivity index (χ3v) is 3.16. The lowest BCUT2D eigenvalue weighted by molar-refractivity contribution is -0.122. The topological polar surface area (TPSA) is 76.7 Å². The maximum Gasteiger partial charge on any atom is 0.236 e. The van der Waals surface area contributed by atoms with E-state index in [-0.39, 0.29) is 11.8 Å². The number of carbonyl (C=O) groups is 2. The number of benzene rings is 1. The van der Waals surface area contributed by atoms with Crippen LogP contribution in [0.5, 0.6) is 11.5 Å². The molecule has 122 valence electrons. The van der Waals surface area contributed by atoms with Crippen molar-refractivity contribution in [3.8, 4) is 11.5 Å². The molecular weight excluding hydrogens is 331 g/mol. The van der Waals surface area contributed by atoms with Crippen LogP contribution in [0.3, 0.4) is 0 Å². The maximum absolute atomic E-state index is 11.5. The first-order valence-electron chi connectivity index (χ1n) is 6.57. The summed E-state index contributed by atoms with van der Waals surface area (Å²) >= 11 is 11.0. The van der Waals surface area contributed by atoms with Gasteiger partial charge in [0.25, 0.3) is 0 Å². The van der Waals surface area contributed by atoms with Gasteiger partial charge in [0.05, 0.1) is 13.7 Å². The van der Waals surface area contributed by atoms with Gasteiger partial charge >= 0.3 is 0 Å². The molecule has 0 fully saturated rings. The molecule has 1 aromatic rings. The van der Waals surface area contributed by atoms with Crippen LogP contribution in [0.1, 0.15) is 18.7 Å². The third-order valence-electron chi connectivity index (χ3n) is 2.67. The Bertz CT molecular complexity index is 508. The van der Waals surface area contributed by atoms with Crippen LogP contribution in [0.25, 0.3) is 0 Å². The first-order chi connectivity index (χ1) is 10.5. The fourth-order valence-electron chi connectivity index (χ4n) is 1.74. The summed E-state index contributed by atoms with van der Waals surface area (Å²) in [4.78, 5) is 23.0. The van der Waals surface area contributed by atoms with Gasteiger partial charge in [-0.2, -0.15) is 0 Å². The Kier molecular flexibility index (Phi) is 7.84. The van der Waals surface area contributed by atoms with Gasteiger partial charge in [-0.05, 0) is 24.6 Å². The predicted molar refractivity (Wildman–Crippen MR) is 84.6 cm³/mol. The van der Waals surface area contributed by atoms with Crippen LogP contribution in [0.15, 0.2) is 18.2 Å². The van der Waals surface area contributed by atoms with E-state index in [2.05, 4.69) is 10.6 Å². The standard InChI is InChI=1S/C14H18Cl2N2O4/c1-3-22-11-6-9(4-5-10(11)21-2)14(17-12(19)7-15)18-13(20)8-16/h4-6,14H,3,7-8H2,1-2H3,(H,17,19)(H,18,20). The molecule has 0 aliphatic carbocycles. The number of alkyl halides is 2. The van der Waals surface area contributed by atoms with E-state index in [4.69, 9.17) is 32.7 Å². The van der Waals surface area contributed by atoms with Gasteiger partial charge in [0.2, 0.25) is 11.8 Å². The Balaban J connectivity index is 3.08. The lowest BCUT2D eigenvalue weighted by Crippen LogP contribution is -2.42. The summed E-state index contributed by atoms with van der Waals surface area (Å²) in [6.07, 6.45) is -0.761. The molecule has 2 amide bonds. The Morgan fingerprint density at radius 3 is 2.18 bits per heavy atom. The largest absolute Gasteiger partial charge is 0.493 e. The molecule has 6 nitrogen and oxygen atoms in total. The van der Waals surface area contributed by atoms with Crippen molar-refractivity contribution in [3.05, 3.63) is 23.8 Å². The van der Waals surface area contributed by atoms with E-state index >= 15 is 0 Å². The van der Waals surface area contributed by atoms with Gasteiger partial charge in [0.1, 0.15) is 17.9 Å². The lowest BCUT2D eigenvalue weighted by atomic mass is 10.1. The molecule has 0 saturated heterocycles. The fraction of sp³-hybridized carbons (Fsp3) is 0.429. The van der Waals surface area contributed by atoms with Gasteiger partial charge < -0.3 is 20.1 Å². The molecule has 1 rings (SSSR count). The Hall–Kier alpha value is -1.66. The second kappa shape index (κ2) is 9.38. The van der Waals surface area contributed by atoms with Crippen LogP contribution < -0.4 is 20.1 Å². The van der Waals surface area contributed by atoms with Gasteiger partial charge in [-0.25, -0.2) is 0 Å². The van der Waals surface area contributed by atoms with Gasteiger partial charge in [-0.15, -0.1) is 23.2 Å². The minimum absolute atomic E-state index is 0.221. The Morgan fingerprint density at radius 2 is 1.73 bits per heavy atom. The molecule has 0 saturated carbocycles. The molecule has 0 heterocycles. The number of carbonyl (C=O) groups excluding carboxylic acids is 2. The number of methoxy groups -OCH3 is 1. The van der Waals surface area contributed by atoms with Gasteiger partial charge in [-0.1, -0.05) is 6.07 Å². The van der Waals surface area contributed by atoms with Crippen molar-refractivity contribution >= 4 is 35.0 Å². The van der Waals surface area contributed by atoms with Crippen molar-refractivity contribution in [2.45, 2.75) is 13.1 Å². The van der Waals surface area contributed by atoms with Crippen LogP contribution in [-0.2, 0) is 9.59 Å². The van der Waals surface area contributed by atoms with Crippen molar-refractivity contribution < 1.29 is 19.1 Å². The Morgan fingerprint density at radius 1 is 1.14 bits per heavy atom. The first kappa shape index (κ1) is 18.4. The van der Waals surface area contributed by atoms with Crippen molar-refractivity contribution in [1.29, 1.82) is 0 Å². The molecule has 8 heteroatoms. The Labute approximate surface area is 139 Å². The van der Waals surface area contributed by atoms with Crippen molar-refractivity contribution in [2.24, 2.45) is 0 Å². The van der Waals surface area contributed by atoms with E-state index in [9.17, 15) is 9.59 Å². The molecule has 0 unspecified atom stereocenters. The van der Waals surface area contributed by atoms with Crippen LogP contribution in [0.4, 0.5) is 0 Å². The van der Waals surface area contributed by atoms with Crippen LogP contribution in [0.2, 0.25) is 0 Å². The highest BCUT2D eigenvalue weighted by Crippen LogP contribution is 2.29. The smallest absolute Gasteiger partial charge is 0.236 e. The monoisotopic (exact) mass is 348 g/mol. The summed E-state index contributed by atoms with van der Waals surface area (Å²) in [6.45, 7) is 2.29. The van der Waals surface area contributed by atoms with E-state index < -0.39 is 18.0 Å². The first-order valence-corrected chi connectivity index (χ1v) is 7.64. The minimum Gasteiger partial charge on any atom is -0.493 e. The SMILES string of the molecule is CCOc1cc(C(NC(=O)CCl)NC(=O)CCl)ccc1OC. The summed E-state index contributed by atoms with van der Waals surface area (Å²) in [5.74, 6) is -0.223. The lowest BCUT2D eigenvalue weighted by Gasteiger charge is -2.21. The normalized spacial score (nSPS) is 10.2. The fourth-order valence-corrected chi connectivity index (χ4v) is 1.90. The summed E-state index contributed by atoms with van der Waals surface area (Å²) in [5, 5.41) is 5.19. The second-order valence-corrected chi connectivity index (χ2v) is 4.71. The third kappa shape index (κ3) is 5.27. The van der Waals surface area contributed by atoms with Crippen molar-refractivity contribution in [2.75, 3.05) is 25.5 Å². The molecule has 22 heavy (non-hydrogen) atoms. The van der Waals surface area contributed by atoms with Gasteiger partial charge in [-0.3, -0.25) is 9.59 Å². The zero-order valence-corrected chi connectivity index (χ0v) is 13.8. The molecular formula is C14H18Cl2N2O4. The highest BCUT2D eigenvalue weighted by molar-refractivity contribution is 6.27. The number of ether oxygens (including phenoxy) is 2. The summed E-state index contributed by atoms with van der Waals surface area (Å²) in [5.41, 5.74) is 0.612. The highest BCUT2D eigenvalue weighted by Gasteiger charge is 2.18. The molecule has 0 atom stereocenters. The number of halogens is 2. The molecule has 0 radical (unpaired) electrons. The van der Waals surface area contributed by atoms with E-state index in [0.29, 0.717) is 23.7 Å². The van der Waals surface area contributed by atoms with Gasteiger partial charge in [0.15, 0.2) is 11.5 Å². The quantitative estimate of drug-likeness (QED) is 0.554. The van der Waals surface area contributed by atoms with Crippen LogP contribution in [0, 0.1) is 0 Å². The van der Waals surface area contributed by atoms with E-state index in [1.54, 1.807) is 18.2 Å². The van der Waals surface area contributed by atoms with Gasteiger partial charge in [0, 0.05) is 0 Å². The second-order valence-electron chi connectivity index (χ2n) is 4.18. The molecule has 0 aliphatic heterocycles. The average molecular weight is 349 g/mol. The van der Waals surface area contributed by atoms with Crippen molar-refractivity contribution in [3.63, 3.8) is 0 Å². The summed E-state index contributed by atoms with van der Waals surface area (Å²) in [6, 6.07) is 5.07. The number of hydrogen-bond donors (Lipinski definition) is 2. The average Bonchev–Trinajstić information content (AvgIpc) is 2.54. The van der Waals surface area contributed by atoms with E-state index in [1.807, 2.05) is 6.92 Å². The molecule has 0 bridgehead atoms. The molecule has 2 N–H and O–H groups in total. The number of amides is 2. The van der Waals surface area contributed by atoms with Crippen molar-refractivity contribution in [1.82, 2.24) is 10.6 Å².